The van der Waals surface area contributed by atoms with Gasteiger partial charge in [-0.25, -0.2) is 0 Å². The van der Waals surface area contributed by atoms with Gasteiger partial charge in [0.05, 0.1) is 28.5 Å². The zero-order valence-corrected chi connectivity index (χ0v) is 26.1. The lowest BCUT2D eigenvalue weighted by molar-refractivity contribution is 0.438. The van der Waals surface area contributed by atoms with Crippen molar-refractivity contribution in [2.24, 2.45) is 5.92 Å². The van der Waals surface area contributed by atoms with Crippen LogP contribution in [0.15, 0.2) is 66.9 Å². The van der Waals surface area contributed by atoms with E-state index in [1.807, 2.05) is 18.3 Å². The second kappa shape index (κ2) is 11.1. The van der Waals surface area contributed by atoms with Gasteiger partial charge in [0.2, 0.25) is 0 Å². The van der Waals surface area contributed by atoms with Crippen LogP contribution in [0.5, 0.6) is 0 Å². The van der Waals surface area contributed by atoms with Crippen molar-refractivity contribution in [3.05, 3.63) is 106 Å². The first kappa shape index (κ1) is 27.8. The van der Waals surface area contributed by atoms with Crippen LogP contribution in [0.2, 0.25) is 5.02 Å². The van der Waals surface area contributed by atoms with Crippen molar-refractivity contribution in [1.82, 2.24) is 14.9 Å². The number of rotatable bonds is 5. The zero-order chi connectivity index (χ0) is 28.8. The molecule has 2 fully saturated rings. The van der Waals surface area contributed by atoms with E-state index in [4.69, 9.17) is 28.8 Å². The van der Waals surface area contributed by atoms with Crippen LogP contribution in [0.4, 0.5) is 11.4 Å². The van der Waals surface area contributed by atoms with Gasteiger partial charge in [0.1, 0.15) is 0 Å². The normalized spacial score (nSPS) is 19.6. The van der Waals surface area contributed by atoms with Crippen molar-refractivity contribution in [3.63, 3.8) is 0 Å². The van der Waals surface area contributed by atoms with Crippen molar-refractivity contribution in [1.29, 1.82) is 0 Å². The Kier molecular flexibility index (Phi) is 7.56. The van der Waals surface area contributed by atoms with Crippen LogP contribution in [0, 0.1) is 33.6 Å². The molecule has 0 unspecified atom stereocenters. The molecule has 6 rings (SSSR count). The van der Waals surface area contributed by atoms with Crippen molar-refractivity contribution in [2.75, 3.05) is 22.9 Å². The summed E-state index contributed by atoms with van der Waals surface area (Å²) in [6, 6.07) is 21.3. The number of halogens is 1. The molecule has 2 saturated heterocycles. The van der Waals surface area contributed by atoms with Crippen molar-refractivity contribution >= 4 is 40.3 Å². The van der Waals surface area contributed by atoms with Crippen molar-refractivity contribution in [2.45, 2.75) is 59.5 Å². The topological polar surface area (TPSA) is 36.3 Å². The van der Waals surface area contributed by atoms with Gasteiger partial charge < -0.3 is 19.7 Å². The van der Waals surface area contributed by atoms with Gasteiger partial charge >= 0.3 is 0 Å². The van der Waals surface area contributed by atoms with Gasteiger partial charge in [-0.1, -0.05) is 30.7 Å². The molecule has 212 valence electrons. The predicted molar refractivity (Wildman–Crippen MR) is 175 cm³/mol. The zero-order valence-electron chi connectivity index (χ0n) is 24.5. The fourth-order valence-electron chi connectivity index (χ4n) is 6.66. The van der Waals surface area contributed by atoms with Gasteiger partial charge in [-0.2, -0.15) is 0 Å². The Morgan fingerprint density at radius 3 is 2.29 bits per heavy atom. The van der Waals surface area contributed by atoms with E-state index in [0.717, 1.165) is 41.1 Å². The number of hydrogen-bond donors (Lipinski definition) is 1. The molecule has 1 N–H and O–H groups in total. The number of piperidine rings is 1. The standard InChI is InChI=1S/C34H38ClN5S/c1-21-11-14-38(15-12-21)31-10-9-26(20-29(31)35)40-33(32(37-34(40)41)30-8-6-7-13-36-30)28-19-24(4)39(25(28)5)27-17-22(2)16-23(3)18-27/h6-10,13,16-21,32-33H,11-12,14-15H2,1-5H3,(H,37,41)/t32-,33+/m0/s1. The summed E-state index contributed by atoms with van der Waals surface area (Å²) in [4.78, 5) is 9.40. The highest BCUT2D eigenvalue weighted by Gasteiger charge is 2.42. The van der Waals surface area contributed by atoms with Crippen LogP contribution >= 0.6 is 23.8 Å². The third kappa shape index (κ3) is 5.24. The van der Waals surface area contributed by atoms with E-state index in [1.165, 1.54) is 46.6 Å². The summed E-state index contributed by atoms with van der Waals surface area (Å²) < 4.78 is 2.36. The van der Waals surface area contributed by atoms with E-state index in [2.05, 4.69) is 103 Å². The molecule has 41 heavy (non-hydrogen) atoms. The maximum absolute atomic E-state index is 6.99. The van der Waals surface area contributed by atoms with Crippen LogP contribution in [-0.2, 0) is 0 Å². The minimum absolute atomic E-state index is 0.0963. The van der Waals surface area contributed by atoms with Gasteiger partial charge in [0.15, 0.2) is 5.11 Å². The SMILES string of the molecule is Cc1cc(C)cc(-n2c(C)cc([C@@H]3[C@H](c4ccccn4)NC(=S)N3c3ccc(N4CCC(C)CC4)c(Cl)c3)c2C)c1. The molecule has 0 saturated carbocycles. The summed E-state index contributed by atoms with van der Waals surface area (Å²) >= 11 is 13.0. The van der Waals surface area contributed by atoms with E-state index in [-0.39, 0.29) is 12.1 Å². The number of thiocarbonyl (C=S) groups is 1. The van der Waals surface area contributed by atoms with Crippen LogP contribution in [0.3, 0.4) is 0 Å². The number of anilines is 2. The number of nitrogens with zero attached hydrogens (tertiary/aromatic N) is 4. The summed E-state index contributed by atoms with van der Waals surface area (Å²) in [5, 5.41) is 5.06. The van der Waals surface area contributed by atoms with Crippen LogP contribution in [0.1, 0.15) is 65.6 Å². The lowest BCUT2D eigenvalue weighted by Gasteiger charge is -2.33. The maximum Gasteiger partial charge on any atom is 0.174 e. The van der Waals surface area contributed by atoms with Crippen LogP contribution in [-0.4, -0.2) is 27.8 Å². The number of hydrogen-bond acceptors (Lipinski definition) is 3. The Balaban J connectivity index is 1.45. The molecule has 2 atom stereocenters. The molecule has 2 aromatic heterocycles. The molecule has 4 aromatic rings. The second-order valence-corrected chi connectivity index (χ2v) is 12.6. The predicted octanol–water partition coefficient (Wildman–Crippen LogP) is 8.17. The summed E-state index contributed by atoms with van der Waals surface area (Å²) in [7, 11) is 0. The van der Waals surface area contributed by atoms with Gasteiger partial charge in [0.25, 0.3) is 0 Å². The number of aryl methyl sites for hydroxylation is 3. The minimum atomic E-state index is -0.112. The lowest BCUT2D eigenvalue weighted by Crippen LogP contribution is -2.33. The van der Waals surface area contributed by atoms with Crippen LogP contribution in [0.25, 0.3) is 5.69 Å². The Morgan fingerprint density at radius 1 is 0.902 bits per heavy atom. The summed E-state index contributed by atoms with van der Waals surface area (Å²) in [6.45, 7) is 13.1. The Bertz CT molecular complexity index is 1570. The number of benzene rings is 2. The number of nitrogens with one attached hydrogen (secondary N) is 1. The Hall–Kier alpha value is -3.35. The van der Waals surface area contributed by atoms with Gasteiger partial charge in [-0.15, -0.1) is 0 Å². The number of pyridine rings is 1. The fraction of sp³-hybridized carbons (Fsp3) is 0.353. The van der Waals surface area contributed by atoms with Crippen molar-refractivity contribution < 1.29 is 0 Å². The molecule has 0 aliphatic carbocycles. The molecular weight excluding hydrogens is 546 g/mol. The smallest absolute Gasteiger partial charge is 0.174 e. The average Bonchev–Trinajstić information content (AvgIpc) is 3.44. The minimum Gasteiger partial charge on any atom is -0.370 e. The molecular formula is C34H38ClN5S. The molecule has 4 heterocycles. The van der Waals surface area contributed by atoms with Gasteiger partial charge in [-0.05, 0) is 124 Å². The molecule has 2 aromatic carbocycles. The van der Waals surface area contributed by atoms with E-state index in [1.54, 1.807) is 0 Å². The van der Waals surface area contributed by atoms with E-state index < -0.39 is 0 Å². The molecule has 0 bridgehead atoms. The Morgan fingerprint density at radius 2 is 1.63 bits per heavy atom. The fourth-order valence-corrected chi connectivity index (χ4v) is 7.30. The monoisotopic (exact) mass is 583 g/mol. The Labute approximate surface area is 254 Å². The quantitative estimate of drug-likeness (QED) is 0.240. The third-order valence-electron chi connectivity index (χ3n) is 8.69. The first-order chi connectivity index (χ1) is 19.7. The maximum atomic E-state index is 6.99. The summed E-state index contributed by atoms with van der Waals surface area (Å²) in [5.41, 5.74) is 10.3. The summed E-state index contributed by atoms with van der Waals surface area (Å²) in [6.07, 6.45) is 4.24. The third-order valence-corrected chi connectivity index (χ3v) is 9.30. The molecule has 2 aliphatic rings. The van der Waals surface area contributed by atoms with Crippen molar-refractivity contribution in [3.8, 4) is 5.69 Å². The van der Waals surface area contributed by atoms with Gasteiger partial charge in [-0.3, -0.25) is 4.98 Å². The highest BCUT2D eigenvalue weighted by molar-refractivity contribution is 7.80. The molecule has 2 aliphatic heterocycles. The number of aromatic nitrogens is 2. The first-order valence-corrected chi connectivity index (χ1v) is 15.3. The largest absolute Gasteiger partial charge is 0.370 e. The molecule has 0 amide bonds. The summed E-state index contributed by atoms with van der Waals surface area (Å²) in [5.74, 6) is 0.768. The lowest BCUT2D eigenvalue weighted by atomic mass is 9.96. The van der Waals surface area contributed by atoms with Gasteiger partial charge in [0, 0.05) is 42.0 Å². The van der Waals surface area contributed by atoms with E-state index >= 15 is 0 Å². The van der Waals surface area contributed by atoms with E-state index in [0.29, 0.717) is 5.11 Å². The highest BCUT2D eigenvalue weighted by Crippen LogP contribution is 2.45. The second-order valence-electron chi connectivity index (χ2n) is 11.8. The molecule has 0 spiro atoms. The average molecular weight is 584 g/mol. The first-order valence-electron chi connectivity index (χ1n) is 14.5. The van der Waals surface area contributed by atoms with E-state index in [9.17, 15) is 0 Å². The highest BCUT2D eigenvalue weighted by atomic mass is 35.5. The van der Waals surface area contributed by atoms with Crippen LogP contribution < -0.4 is 15.1 Å². The molecule has 7 heteroatoms. The molecule has 0 radical (unpaired) electrons. The molecule has 5 nitrogen and oxygen atoms in total.